The Bertz CT molecular complexity index is 1020. The zero-order chi connectivity index (χ0) is 18.9. The van der Waals surface area contributed by atoms with Crippen LogP contribution < -0.4 is 15.4 Å². The zero-order valence-corrected chi connectivity index (χ0v) is 15.2. The summed E-state index contributed by atoms with van der Waals surface area (Å²) in [6.07, 6.45) is 3.71. The maximum absolute atomic E-state index is 12.4. The standard InChI is InChI=1S/C20H20N6O2/c27-20-15(11-28-16-6-3-9-21-19(16)24-20)22-10-17-23-18(26-25-17)14-8-7-12-4-1-2-5-13(12)14/h1-6,9,14-15,22H,7-8,10-11H2,(H,21,24,27)(H,23,25,26)/t14?,15-/m0/s1. The van der Waals surface area contributed by atoms with Gasteiger partial charge < -0.3 is 15.0 Å². The molecule has 28 heavy (non-hydrogen) atoms. The number of carbonyl (C=O) groups excluding carboxylic acids is 1. The van der Waals surface area contributed by atoms with Gasteiger partial charge in [-0.2, -0.15) is 0 Å². The van der Waals surface area contributed by atoms with Crippen LogP contribution in [0.2, 0.25) is 0 Å². The van der Waals surface area contributed by atoms with Crippen molar-refractivity contribution >= 4 is 11.7 Å². The molecule has 142 valence electrons. The molecule has 2 aromatic heterocycles. The van der Waals surface area contributed by atoms with E-state index < -0.39 is 6.04 Å². The summed E-state index contributed by atoms with van der Waals surface area (Å²) >= 11 is 0. The lowest BCUT2D eigenvalue weighted by Gasteiger charge is -2.13. The number of carbonyl (C=O) groups is 1. The Labute approximate surface area is 161 Å². The molecule has 2 atom stereocenters. The van der Waals surface area contributed by atoms with Crippen molar-refractivity contribution in [2.24, 2.45) is 0 Å². The minimum Gasteiger partial charge on any atom is -0.488 e. The number of aromatic nitrogens is 4. The number of hydrogen-bond acceptors (Lipinski definition) is 6. The summed E-state index contributed by atoms with van der Waals surface area (Å²) in [6.45, 7) is 0.619. The Morgan fingerprint density at radius 3 is 3.07 bits per heavy atom. The largest absolute Gasteiger partial charge is 0.488 e. The second-order valence-electron chi connectivity index (χ2n) is 7.03. The van der Waals surface area contributed by atoms with E-state index in [1.165, 1.54) is 11.1 Å². The molecular weight excluding hydrogens is 356 g/mol. The first kappa shape index (κ1) is 16.9. The molecule has 8 heteroatoms. The highest BCUT2D eigenvalue weighted by molar-refractivity contribution is 5.95. The van der Waals surface area contributed by atoms with Gasteiger partial charge >= 0.3 is 0 Å². The number of nitrogens with one attached hydrogen (secondary N) is 3. The number of nitrogens with zero attached hydrogens (tertiary/aromatic N) is 3. The third kappa shape index (κ3) is 3.11. The van der Waals surface area contributed by atoms with Crippen LogP contribution in [0.15, 0.2) is 42.6 Å². The second kappa shape index (κ2) is 7.05. The molecule has 0 radical (unpaired) electrons. The lowest BCUT2D eigenvalue weighted by atomic mass is 10.0. The van der Waals surface area contributed by atoms with Crippen molar-refractivity contribution < 1.29 is 9.53 Å². The molecule has 1 amide bonds. The molecule has 3 aromatic rings. The molecule has 0 fully saturated rings. The van der Waals surface area contributed by atoms with Crippen LogP contribution in [-0.4, -0.2) is 38.7 Å². The van der Waals surface area contributed by atoms with E-state index >= 15 is 0 Å². The van der Waals surface area contributed by atoms with E-state index in [2.05, 4.69) is 55.1 Å². The normalized spacial score (nSPS) is 20.6. The fourth-order valence-electron chi connectivity index (χ4n) is 3.81. The van der Waals surface area contributed by atoms with Crippen molar-refractivity contribution in [2.45, 2.75) is 31.3 Å². The Morgan fingerprint density at radius 1 is 1.18 bits per heavy atom. The number of aryl methyl sites for hydroxylation is 1. The van der Waals surface area contributed by atoms with Gasteiger partial charge in [-0.15, -0.1) is 10.2 Å². The van der Waals surface area contributed by atoms with Crippen LogP contribution in [0.4, 0.5) is 5.82 Å². The average Bonchev–Trinajstić information content (AvgIpc) is 3.32. The topological polar surface area (TPSA) is 105 Å². The molecule has 3 heterocycles. The SMILES string of the molecule is O=C1Nc2ncccc2OC[C@@H]1NCc1nnc(C2CCc3ccccc32)[nH]1. The Morgan fingerprint density at radius 2 is 2.11 bits per heavy atom. The first-order chi connectivity index (χ1) is 13.8. The number of hydrogen-bond donors (Lipinski definition) is 3. The second-order valence-corrected chi connectivity index (χ2v) is 7.03. The van der Waals surface area contributed by atoms with Crippen LogP contribution in [0, 0.1) is 0 Å². The van der Waals surface area contributed by atoms with Crippen LogP contribution in [0.25, 0.3) is 0 Å². The summed E-state index contributed by atoms with van der Waals surface area (Å²) in [7, 11) is 0. The van der Waals surface area contributed by atoms with Gasteiger partial charge in [-0.1, -0.05) is 24.3 Å². The van der Waals surface area contributed by atoms with E-state index in [9.17, 15) is 4.79 Å². The Balaban J connectivity index is 1.24. The molecule has 8 nitrogen and oxygen atoms in total. The van der Waals surface area contributed by atoms with E-state index in [0.29, 0.717) is 23.9 Å². The number of benzene rings is 1. The maximum Gasteiger partial charge on any atom is 0.246 e. The van der Waals surface area contributed by atoms with Crippen LogP contribution in [0.3, 0.4) is 0 Å². The maximum atomic E-state index is 12.4. The summed E-state index contributed by atoms with van der Waals surface area (Å²) < 4.78 is 5.69. The van der Waals surface area contributed by atoms with Crippen molar-refractivity contribution in [3.8, 4) is 5.75 Å². The minimum atomic E-state index is -0.505. The third-order valence-corrected chi connectivity index (χ3v) is 5.26. The summed E-state index contributed by atoms with van der Waals surface area (Å²) in [4.78, 5) is 19.9. The van der Waals surface area contributed by atoms with Crippen LogP contribution in [0.5, 0.6) is 5.75 Å². The van der Waals surface area contributed by atoms with Gasteiger partial charge in [0.25, 0.3) is 0 Å². The molecule has 1 aromatic carbocycles. The Hall–Kier alpha value is -3.26. The summed E-state index contributed by atoms with van der Waals surface area (Å²) in [5, 5.41) is 14.6. The zero-order valence-electron chi connectivity index (χ0n) is 15.2. The van der Waals surface area contributed by atoms with Crippen LogP contribution >= 0.6 is 0 Å². The fraction of sp³-hybridized carbons (Fsp3) is 0.300. The van der Waals surface area contributed by atoms with E-state index in [-0.39, 0.29) is 18.4 Å². The van der Waals surface area contributed by atoms with E-state index in [1.807, 2.05) is 0 Å². The van der Waals surface area contributed by atoms with Gasteiger partial charge in [0.2, 0.25) is 5.91 Å². The third-order valence-electron chi connectivity index (χ3n) is 5.26. The smallest absolute Gasteiger partial charge is 0.246 e. The number of rotatable bonds is 4. The van der Waals surface area contributed by atoms with Gasteiger partial charge in [-0.3, -0.25) is 10.1 Å². The van der Waals surface area contributed by atoms with Gasteiger partial charge in [-0.05, 0) is 36.1 Å². The van der Waals surface area contributed by atoms with E-state index in [1.54, 1.807) is 18.3 Å². The molecule has 1 aliphatic heterocycles. The van der Waals surface area contributed by atoms with Gasteiger partial charge in [0, 0.05) is 12.1 Å². The highest BCUT2D eigenvalue weighted by atomic mass is 16.5. The number of aromatic amines is 1. The first-order valence-electron chi connectivity index (χ1n) is 9.39. The van der Waals surface area contributed by atoms with Gasteiger partial charge in [-0.25, -0.2) is 4.98 Å². The fourth-order valence-corrected chi connectivity index (χ4v) is 3.81. The van der Waals surface area contributed by atoms with Crippen LogP contribution in [0.1, 0.15) is 35.1 Å². The lowest BCUT2D eigenvalue weighted by Crippen LogP contribution is -2.43. The number of ether oxygens (including phenoxy) is 1. The molecule has 5 rings (SSSR count). The molecular formula is C20H20N6O2. The molecule has 0 saturated carbocycles. The predicted octanol–water partition coefficient (Wildman–Crippen LogP) is 1.77. The molecule has 2 aliphatic rings. The van der Waals surface area contributed by atoms with Gasteiger partial charge in [0.05, 0.1) is 6.54 Å². The predicted molar refractivity (Wildman–Crippen MR) is 102 cm³/mol. The summed E-state index contributed by atoms with van der Waals surface area (Å²) in [5.41, 5.74) is 2.70. The lowest BCUT2D eigenvalue weighted by molar-refractivity contribution is -0.118. The van der Waals surface area contributed by atoms with Crippen molar-refractivity contribution in [1.29, 1.82) is 0 Å². The highest BCUT2D eigenvalue weighted by Gasteiger charge is 2.27. The average molecular weight is 376 g/mol. The molecule has 0 spiro atoms. The molecule has 0 bridgehead atoms. The van der Waals surface area contributed by atoms with Crippen molar-refractivity contribution in [3.63, 3.8) is 0 Å². The molecule has 0 saturated heterocycles. The molecule has 3 N–H and O–H groups in total. The molecule has 1 unspecified atom stereocenters. The first-order valence-corrected chi connectivity index (χ1v) is 9.39. The summed E-state index contributed by atoms with van der Waals surface area (Å²) in [6, 6.07) is 11.5. The molecule has 1 aliphatic carbocycles. The minimum absolute atomic E-state index is 0.179. The van der Waals surface area contributed by atoms with Crippen molar-refractivity contribution in [3.05, 3.63) is 65.4 Å². The highest BCUT2D eigenvalue weighted by Crippen LogP contribution is 2.36. The summed E-state index contributed by atoms with van der Waals surface area (Å²) in [5.74, 6) is 2.66. The van der Waals surface area contributed by atoms with Crippen molar-refractivity contribution in [1.82, 2.24) is 25.5 Å². The number of fused-ring (bicyclic) bond motifs is 2. The quantitative estimate of drug-likeness (QED) is 0.641. The Kier molecular flexibility index (Phi) is 4.25. The van der Waals surface area contributed by atoms with Crippen molar-refractivity contribution in [2.75, 3.05) is 11.9 Å². The van der Waals surface area contributed by atoms with E-state index in [0.717, 1.165) is 18.7 Å². The van der Waals surface area contributed by atoms with E-state index in [4.69, 9.17) is 4.74 Å². The number of anilines is 1. The number of H-pyrrole nitrogens is 1. The van der Waals surface area contributed by atoms with Gasteiger partial charge in [0.1, 0.15) is 24.3 Å². The van der Waals surface area contributed by atoms with Gasteiger partial charge in [0.15, 0.2) is 11.6 Å². The van der Waals surface area contributed by atoms with Crippen LogP contribution in [-0.2, 0) is 17.8 Å². The monoisotopic (exact) mass is 376 g/mol. The number of amides is 1. The number of pyridine rings is 1.